The van der Waals surface area contributed by atoms with E-state index in [1.807, 2.05) is 0 Å². The predicted octanol–water partition coefficient (Wildman–Crippen LogP) is 2.67. The van der Waals surface area contributed by atoms with Crippen LogP contribution in [-0.2, 0) is 9.84 Å². The summed E-state index contributed by atoms with van der Waals surface area (Å²) < 4.78 is 22.8. The smallest absolute Gasteiger partial charge is 0.256 e. The fourth-order valence-corrected chi connectivity index (χ4v) is 2.61. The maximum absolute atomic E-state index is 11.4. The number of carbonyl (C=O) groups is 1. The van der Waals surface area contributed by atoms with Crippen LogP contribution in [0.5, 0.6) is 0 Å². The number of carbonyl (C=O) groups excluding carboxylic acids is 1. The van der Waals surface area contributed by atoms with Gasteiger partial charge in [0, 0.05) is 17.8 Å². The van der Waals surface area contributed by atoms with Crippen LogP contribution >= 0.6 is 23.2 Å². The molecule has 2 rings (SSSR count). The molecule has 7 heteroatoms. The lowest BCUT2D eigenvalue weighted by Crippen LogP contribution is -2.00. The van der Waals surface area contributed by atoms with E-state index in [1.54, 1.807) is 6.07 Å². The molecule has 0 saturated carbocycles. The molecule has 0 aliphatic heterocycles. The van der Waals surface area contributed by atoms with Crippen molar-refractivity contribution in [2.75, 3.05) is 6.26 Å². The van der Waals surface area contributed by atoms with Crippen molar-refractivity contribution in [1.29, 1.82) is 0 Å². The Bertz CT molecular complexity index is 756. The van der Waals surface area contributed by atoms with Crippen molar-refractivity contribution < 1.29 is 13.2 Å². The van der Waals surface area contributed by atoms with Crippen molar-refractivity contribution in [3.05, 3.63) is 35.0 Å². The third kappa shape index (κ3) is 2.34. The van der Waals surface area contributed by atoms with Gasteiger partial charge in [0.15, 0.2) is 9.84 Å². The number of nitrogens with zero attached hydrogens (tertiary/aromatic N) is 1. The Morgan fingerprint density at radius 3 is 2.56 bits per heavy atom. The first-order chi connectivity index (χ1) is 8.30. The van der Waals surface area contributed by atoms with Gasteiger partial charge in [-0.25, -0.2) is 8.42 Å². The van der Waals surface area contributed by atoms with E-state index in [9.17, 15) is 13.2 Å². The Hall–Kier alpha value is -1.17. The van der Waals surface area contributed by atoms with E-state index in [4.69, 9.17) is 23.2 Å². The number of halogens is 2. The number of fused-ring (bicyclic) bond motifs is 1. The number of benzene rings is 1. The quantitative estimate of drug-likeness (QED) is 0.800. The minimum atomic E-state index is -3.35. The van der Waals surface area contributed by atoms with Crippen LogP contribution in [0.15, 0.2) is 29.3 Å². The molecule has 0 saturated heterocycles. The van der Waals surface area contributed by atoms with E-state index in [1.165, 1.54) is 18.3 Å². The van der Waals surface area contributed by atoms with Crippen LogP contribution in [0.4, 0.5) is 0 Å². The molecule has 0 unspecified atom stereocenters. The summed E-state index contributed by atoms with van der Waals surface area (Å²) in [6.07, 6.45) is 2.26. The van der Waals surface area contributed by atoms with Gasteiger partial charge in [0.05, 0.1) is 21.0 Å². The average molecular weight is 304 g/mol. The summed E-state index contributed by atoms with van der Waals surface area (Å²) >= 11 is 11.3. The Balaban J connectivity index is 2.84. The molecule has 0 radical (unpaired) electrons. The van der Waals surface area contributed by atoms with Crippen LogP contribution in [0.2, 0.25) is 5.02 Å². The summed E-state index contributed by atoms with van der Waals surface area (Å²) in [5.74, 6) is 0. The fourth-order valence-electron chi connectivity index (χ4n) is 1.55. The molecule has 0 fully saturated rings. The third-order valence-electron chi connectivity index (χ3n) is 2.40. The maximum Gasteiger partial charge on any atom is 0.256 e. The van der Waals surface area contributed by atoms with Gasteiger partial charge < -0.3 is 0 Å². The van der Waals surface area contributed by atoms with E-state index < -0.39 is 15.1 Å². The van der Waals surface area contributed by atoms with Crippen LogP contribution in [0, 0.1) is 0 Å². The second-order valence-corrected chi connectivity index (χ2v) is 6.48. The van der Waals surface area contributed by atoms with Crippen LogP contribution in [0.25, 0.3) is 10.9 Å². The SMILES string of the molecule is CS(=O)(=O)c1cnc2c(C(=O)Cl)c(Cl)ccc2c1. The molecule has 4 nitrogen and oxygen atoms in total. The lowest BCUT2D eigenvalue weighted by atomic mass is 10.1. The zero-order chi connectivity index (χ0) is 13.5. The number of hydrogen-bond acceptors (Lipinski definition) is 4. The van der Waals surface area contributed by atoms with E-state index in [0.717, 1.165) is 6.26 Å². The normalized spacial score (nSPS) is 11.7. The lowest BCUT2D eigenvalue weighted by Gasteiger charge is -2.05. The average Bonchev–Trinajstić information content (AvgIpc) is 2.26. The molecule has 0 bridgehead atoms. The largest absolute Gasteiger partial charge is 0.275 e. The molecule has 0 aliphatic rings. The van der Waals surface area contributed by atoms with Crippen molar-refractivity contribution in [2.24, 2.45) is 0 Å². The highest BCUT2D eigenvalue weighted by Gasteiger charge is 2.16. The van der Waals surface area contributed by atoms with E-state index in [0.29, 0.717) is 5.39 Å². The summed E-state index contributed by atoms with van der Waals surface area (Å²) in [4.78, 5) is 15.3. The second-order valence-electron chi connectivity index (χ2n) is 3.71. The Labute approximate surface area is 113 Å². The van der Waals surface area contributed by atoms with E-state index >= 15 is 0 Å². The topological polar surface area (TPSA) is 64.1 Å². The monoisotopic (exact) mass is 303 g/mol. The summed E-state index contributed by atoms with van der Waals surface area (Å²) in [5, 5.41) is -0.0568. The third-order valence-corrected chi connectivity index (χ3v) is 3.99. The highest BCUT2D eigenvalue weighted by atomic mass is 35.5. The van der Waals surface area contributed by atoms with E-state index in [2.05, 4.69) is 4.98 Å². The van der Waals surface area contributed by atoms with Gasteiger partial charge in [0.1, 0.15) is 0 Å². The lowest BCUT2D eigenvalue weighted by molar-refractivity contribution is 0.108. The first kappa shape index (κ1) is 13.3. The number of sulfone groups is 1. The molecule has 0 atom stereocenters. The molecule has 94 valence electrons. The first-order valence-corrected chi connectivity index (χ1v) is 7.43. The summed E-state index contributed by atoms with van der Waals surface area (Å²) in [6.45, 7) is 0. The van der Waals surface area contributed by atoms with Gasteiger partial charge in [-0.15, -0.1) is 0 Å². The van der Waals surface area contributed by atoms with E-state index in [-0.39, 0.29) is 21.0 Å². The Morgan fingerprint density at radius 2 is 2.00 bits per heavy atom. The summed E-state index contributed by atoms with van der Waals surface area (Å²) in [5.41, 5.74) is 0.366. The first-order valence-electron chi connectivity index (χ1n) is 4.79. The van der Waals surface area contributed by atoms with Crippen LogP contribution < -0.4 is 0 Å². The van der Waals surface area contributed by atoms with Gasteiger partial charge in [0.25, 0.3) is 5.24 Å². The van der Waals surface area contributed by atoms with Crippen LogP contribution in [0.1, 0.15) is 10.4 Å². The number of hydrogen-bond donors (Lipinski definition) is 0. The highest BCUT2D eigenvalue weighted by Crippen LogP contribution is 2.27. The van der Waals surface area contributed by atoms with Crippen molar-refractivity contribution in [3.8, 4) is 0 Å². The van der Waals surface area contributed by atoms with Crippen molar-refractivity contribution in [2.45, 2.75) is 4.90 Å². The Kier molecular flexibility index (Phi) is 3.31. The molecule has 0 aliphatic carbocycles. The van der Waals surface area contributed by atoms with Gasteiger partial charge >= 0.3 is 0 Å². The molecular formula is C11H7Cl2NO3S. The number of aromatic nitrogens is 1. The molecule has 0 amide bonds. The van der Waals surface area contributed by atoms with Crippen molar-refractivity contribution in [3.63, 3.8) is 0 Å². The Morgan fingerprint density at radius 1 is 1.33 bits per heavy atom. The highest BCUT2D eigenvalue weighted by molar-refractivity contribution is 7.90. The molecule has 0 spiro atoms. The standard InChI is InChI=1S/C11H7Cl2NO3S/c1-18(16,17)7-4-6-2-3-8(12)9(11(13)15)10(6)14-5-7/h2-5H,1H3. The predicted molar refractivity (Wildman–Crippen MR) is 70.0 cm³/mol. The van der Waals surface area contributed by atoms with Gasteiger partial charge in [-0.2, -0.15) is 0 Å². The molecular weight excluding hydrogens is 297 g/mol. The summed E-state index contributed by atoms with van der Waals surface area (Å²) in [6, 6.07) is 4.49. The number of rotatable bonds is 2. The van der Waals surface area contributed by atoms with Crippen LogP contribution in [0.3, 0.4) is 0 Å². The summed E-state index contributed by atoms with van der Waals surface area (Å²) in [7, 11) is -3.35. The molecule has 0 N–H and O–H groups in total. The fraction of sp³-hybridized carbons (Fsp3) is 0.0909. The minimum absolute atomic E-state index is 0.0743. The van der Waals surface area contributed by atoms with Crippen LogP contribution in [-0.4, -0.2) is 24.9 Å². The molecule has 1 heterocycles. The van der Waals surface area contributed by atoms with Gasteiger partial charge in [0.2, 0.25) is 0 Å². The molecule has 1 aromatic carbocycles. The zero-order valence-corrected chi connectivity index (χ0v) is 11.5. The number of pyridine rings is 1. The van der Waals surface area contributed by atoms with Crippen molar-refractivity contribution >= 4 is 49.2 Å². The minimum Gasteiger partial charge on any atom is -0.275 e. The second kappa shape index (κ2) is 4.50. The molecule has 18 heavy (non-hydrogen) atoms. The molecule has 1 aromatic heterocycles. The maximum atomic E-state index is 11.4. The van der Waals surface area contributed by atoms with Gasteiger partial charge in [-0.1, -0.05) is 17.7 Å². The zero-order valence-electron chi connectivity index (χ0n) is 9.15. The van der Waals surface area contributed by atoms with Gasteiger partial charge in [-0.05, 0) is 23.7 Å². The van der Waals surface area contributed by atoms with Crippen molar-refractivity contribution in [1.82, 2.24) is 4.98 Å². The molecule has 2 aromatic rings. The van der Waals surface area contributed by atoms with Gasteiger partial charge in [-0.3, -0.25) is 9.78 Å².